The summed E-state index contributed by atoms with van der Waals surface area (Å²) in [5, 5.41) is 3.24. The second-order valence-electron chi connectivity index (χ2n) is 10.2. The second kappa shape index (κ2) is 10.1. The molecule has 1 amide bonds. The summed E-state index contributed by atoms with van der Waals surface area (Å²) in [5.74, 6) is -0.269. The first-order chi connectivity index (χ1) is 15.9. The summed E-state index contributed by atoms with van der Waals surface area (Å²) in [6.07, 6.45) is 15.8. The molecule has 1 fully saturated rings. The van der Waals surface area contributed by atoms with E-state index in [1.54, 1.807) is 0 Å². The van der Waals surface area contributed by atoms with Gasteiger partial charge in [-0.25, -0.2) is 4.79 Å². The third-order valence-corrected chi connectivity index (χ3v) is 7.82. The molecule has 3 aliphatic rings. The van der Waals surface area contributed by atoms with Crippen molar-refractivity contribution in [3.8, 4) is 0 Å². The Morgan fingerprint density at radius 3 is 2.67 bits per heavy atom. The molecule has 4 nitrogen and oxygen atoms in total. The van der Waals surface area contributed by atoms with Crippen molar-refractivity contribution in [3.05, 3.63) is 71.8 Å². The monoisotopic (exact) mass is 447 g/mol. The molecule has 1 spiro atoms. The zero-order valence-corrected chi connectivity index (χ0v) is 20.1. The average Bonchev–Trinajstić information content (AvgIpc) is 3.06. The number of carbonyl (C=O) groups is 2. The van der Waals surface area contributed by atoms with Gasteiger partial charge in [-0.1, -0.05) is 86.9 Å². The standard InChI is InChI=1S/C29H37NO3/c1-20-12-7-4-5-10-17-26(31)33-29-24(16-11-13-20)18-21(2)22(3)27(29)25(30-28(29)32)19-23-14-8-6-9-15-23/h6,8-11,14-18,20,22,24-25,27H,4-5,7,12-13,19H2,1-3H3,(H,30,32)/b16-11+,17-10+/t20-,22-,24+,25+,27-,29-/m0/s1. The summed E-state index contributed by atoms with van der Waals surface area (Å²) >= 11 is 0. The lowest BCUT2D eigenvalue weighted by atomic mass is 9.63. The van der Waals surface area contributed by atoms with E-state index in [0.29, 0.717) is 5.92 Å². The van der Waals surface area contributed by atoms with E-state index in [1.165, 1.54) is 23.6 Å². The maximum absolute atomic E-state index is 13.7. The Hall–Kier alpha value is -2.62. The number of amides is 1. The SMILES string of the molecule is CC1=C[C@H]2/C=C/C[C@@H](C)CCCC/C=C/C(=O)O[C@@]23C(=O)N[C@H](Cc2ccccc2)[C@@H]3[C@H]1C. The van der Waals surface area contributed by atoms with Gasteiger partial charge in [0.25, 0.3) is 5.91 Å². The van der Waals surface area contributed by atoms with Crippen molar-refractivity contribution in [2.45, 2.75) is 70.9 Å². The normalized spacial score (nSPS) is 36.9. The van der Waals surface area contributed by atoms with Crippen LogP contribution in [0.2, 0.25) is 0 Å². The molecule has 0 bridgehead atoms. The highest BCUT2D eigenvalue weighted by atomic mass is 16.6. The van der Waals surface area contributed by atoms with Gasteiger partial charge in [-0.05, 0) is 50.0 Å². The van der Waals surface area contributed by atoms with Crippen LogP contribution in [-0.2, 0) is 20.7 Å². The van der Waals surface area contributed by atoms with Gasteiger partial charge < -0.3 is 10.1 Å². The summed E-state index contributed by atoms with van der Waals surface area (Å²) in [5.41, 5.74) is 1.21. The molecule has 2 heterocycles. The van der Waals surface area contributed by atoms with Crippen LogP contribution in [0.5, 0.6) is 0 Å². The predicted octanol–water partition coefficient (Wildman–Crippen LogP) is 5.55. The zero-order valence-electron chi connectivity index (χ0n) is 20.1. The molecule has 0 aromatic heterocycles. The number of hydrogen-bond acceptors (Lipinski definition) is 3. The van der Waals surface area contributed by atoms with Gasteiger partial charge in [0, 0.05) is 24.0 Å². The third kappa shape index (κ3) is 4.85. The van der Waals surface area contributed by atoms with E-state index in [0.717, 1.165) is 32.1 Å². The van der Waals surface area contributed by atoms with Crippen LogP contribution in [0.25, 0.3) is 0 Å². The molecule has 33 heavy (non-hydrogen) atoms. The van der Waals surface area contributed by atoms with E-state index in [1.807, 2.05) is 24.3 Å². The van der Waals surface area contributed by atoms with Gasteiger partial charge in [-0.2, -0.15) is 0 Å². The van der Waals surface area contributed by atoms with Gasteiger partial charge in [0.05, 0.1) is 0 Å². The second-order valence-corrected chi connectivity index (χ2v) is 10.2. The van der Waals surface area contributed by atoms with Gasteiger partial charge >= 0.3 is 5.97 Å². The molecule has 1 aromatic carbocycles. The molecule has 176 valence electrons. The first-order valence-corrected chi connectivity index (χ1v) is 12.5. The zero-order chi connectivity index (χ0) is 23.4. The molecule has 1 N–H and O–H groups in total. The van der Waals surface area contributed by atoms with E-state index in [2.05, 4.69) is 56.4 Å². The highest BCUT2D eigenvalue weighted by Gasteiger charge is 2.64. The number of rotatable bonds is 2. The number of allylic oxidation sites excluding steroid dienone is 3. The minimum Gasteiger partial charge on any atom is -0.444 e. The van der Waals surface area contributed by atoms with Crippen molar-refractivity contribution in [2.75, 3.05) is 0 Å². The summed E-state index contributed by atoms with van der Waals surface area (Å²) < 4.78 is 6.20. The fourth-order valence-electron chi connectivity index (χ4n) is 5.89. The lowest BCUT2D eigenvalue weighted by Gasteiger charge is -2.44. The highest BCUT2D eigenvalue weighted by molar-refractivity contribution is 5.94. The Labute approximate surface area is 198 Å². The topological polar surface area (TPSA) is 55.4 Å². The number of hydrogen-bond donors (Lipinski definition) is 1. The Balaban J connectivity index is 1.75. The molecule has 4 heteroatoms. The van der Waals surface area contributed by atoms with Crippen LogP contribution in [0.4, 0.5) is 0 Å². The van der Waals surface area contributed by atoms with Gasteiger partial charge in [-0.15, -0.1) is 0 Å². The molecule has 1 saturated heterocycles. The van der Waals surface area contributed by atoms with Crippen LogP contribution < -0.4 is 5.32 Å². The molecule has 6 atom stereocenters. The Bertz CT molecular complexity index is 947. The van der Waals surface area contributed by atoms with Crippen LogP contribution in [0.1, 0.15) is 58.4 Å². The van der Waals surface area contributed by atoms with E-state index < -0.39 is 11.6 Å². The maximum Gasteiger partial charge on any atom is 0.331 e. The lowest BCUT2D eigenvalue weighted by molar-refractivity contribution is -0.172. The number of nitrogens with one attached hydrogen (secondary N) is 1. The Kier molecular flexibility index (Phi) is 7.21. The van der Waals surface area contributed by atoms with E-state index in [4.69, 9.17) is 4.74 Å². The molecule has 1 aliphatic carbocycles. The Morgan fingerprint density at radius 2 is 1.88 bits per heavy atom. The predicted molar refractivity (Wildman–Crippen MR) is 131 cm³/mol. The molecular formula is C29H37NO3. The fraction of sp³-hybridized carbons (Fsp3) is 0.517. The van der Waals surface area contributed by atoms with Crippen LogP contribution in [0.3, 0.4) is 0 Å². The fourth-order valence-corrected chi connectivity index (χ4v) is 5.89. The number of benzene rings is 1. The van der Waals surface area contributed by atoms with Crippen LogP contribution in [-0.4, -0.2) is 23.5 Å². The van der Waals surface area contributed by atoms with E-state index >= 15 is 0 Å². The minimum atomic E-state index is -1.22. The smallest absolute Gasteiger partial charge is 0.331 e. The molecular weight excluding hydrogens is 410 g/mol. The van der Waals surface area contributed by atoms with Crippen LogP contribution >= 0.6 is 0 Å². The van der Waals surface area contributed by atoms with Crippen molar-refractivity contribution in [3.63, 3.8) is 0 Å². The lowest BCUT2D eigenvalue weighted by Crippen LogP contribution is -2.56. The number of carbonyl (C=O) groups excluding carboxylic acids is 2. The van der Waals surface area contributed by atoms with Crippen molar-refractivity contribution < 1.29 is 14.3 Å². The Morgan fingerprint density at radius 1 is 1.09 bits per heavy atom. The summed E-state index contributed by atoms with van der Waals surface area (Å²) in [4.78, 5) is 26.7. The van der Waals surface area contributed by atoms with Gasteiger partial charge in [0.1, 0.15) is 0 Å². The number of ether oxygens (including phenoxy) is 1. The van der Waals surface area contributed by atoms with Gasteiger partial charge in [0.2, 0.25) is 5.60 Å². The summed E-state index contributed by atoms with van der Waals surface area (Å²) in [6, 6.07) is 10.1. The van der Waals surface area contributed by atoms with Crippen molar-refractivity contribution >= 4 is 11.9 Å². The molecule has 0 radical (unpaired) electrons. The minimum absolute atomic E-state index is 0.0935. The van der Waals surface area contributed by atoms with Crippen molar-refractivity contribution in [1.29, 1.82) is 0 Å². The third-order valence-electron chi connectivity index (χ3n) is 7.82. The van der Waals surface area contributed by atoms with Crippen molar-refractivity contribution in [1.82, 2.24) is 5.32 Å². The quantitative estimate of drug-likeness (QED) is 0.478. The van der Waals surface area contributed by atoms with Gasteiger partial charge in [0.15, 0.2) is 0 Å². The maximum atomic E-state index is 13.7. The number of esters is 1. The molecule has 4 rings (SSSR count). The molecule has 0 unspecified atom stereocenters. The van der Waals surface area contributed by atoms with E-state index in [-0.39, 0.29) is 29.7 Å². The molecule has 0 saturated carbocycles. The summed E-state index contributed by atoms with van der Waals surface area (Å²) in [7, 11) is 0. The van der Waals surface area contributed by atoms with Gasteiger partial charge in [-0.3, -0.25) is 4.79 Å². The van der Waals surface area contributed by atoms with E-state index in [9.17, 15) is 9.59 Å². The largest absolute Gasteiger partial charge is 0.444 e. The molecule has 1 aromatic rings. The first kappa shape index (κ1) is 23.5. The highest BCUT2D eigenvalue weighted by Crippen LogP contribution is 2.50. The first-order valence-electron chi connectivity index (χ1n) is 12.5. The van der Waals surface area contributed by atoms with Crippen LogP contribution in [0, 0.1) is 23.7 Å². The summed E-state index contributed by atoms with van der Waals surface area (Å²) in [6.45, 7) is 6.58. The average molecular weight is 448 g/mol. The van der Waals surface area contributed by atoms with Crippen LogP contribution in [0.15, 0.2) is 66.3 Å². The molecule has 2 aliphatic heterocycles. The van der Waals surface area contributed by atoms with Crippen molar-refractivity contribution in [2.24, 2.45) is 23.7 Å².